The van der Waals surface area contributed by atoms with Gasteiger partial charge in [-0.2, -0.15) is 0 Å². The fourth-order valence-corrected chi connectivity index (χ4v) is 2.17. The Morgan fingerprint density at radius 3 is 2.43 bits per heavy atom. The first-order valence-electron chi connectivity index (χ1n) is 4.90. The summed E-state index contributed by atoms with van der Waals surface area (Å²) in [6, 6.07) is 0. The van der Waals surface area contributed by atoms with Gasteiger partial charge in [0.2, 0.25) is 0 Å². The second kappa shape index (κ2) is 4.17. The van der Waals surface area contributed by atoms with E-state index in [2.05, 4.69) is 10.0 Å². The van der Waals surface area contributed by atoms with E-state index in [-0.39, 0.29) is 5.92 Å². The van der Waals surface area contributed by atoms with Gasteiger partial charge in [0.25, 0.3) is 0 Å². The van der Waals surface area contributed by atoms with Crippen LogP contribution in [0.3, 0.4) is 0 Å². The fourth-order valence-electron chi connectivity index (χ4n) is 2.17. The first-order chi connectivity index (χ1) is 6.53. The van der Waals surface area contributed by atoms with E-state index < -0.39 is 17.6 Å². The largest absolute Gasteiger partial charge is 0.392 e. The molecule has 0 bridgehead atoms. The third-order valence-corrected chi connectivity index (χ3v) is 3.63. The molecule has 3 atom stereocenters. The predicted molar refractivity (Wildman–Crippen MR) is 52.5 cm³/mol. The second-order valence-corrected chi connectivity index (χ2v) is 4.29. The minimum Gasteiger partial charge on any atom is -0.392 e. The zero-order valence-corrected chi connectivity index (χ0v) is 8.59. The molecule has 5 heteroatoms. The third-order valence-electron chi connectivity index (χ3n) is 3.63. The molecule has 3 unspecified atom stereocenters. The smallest absolute Gasteiger partial charge is 0.0622 e. The highest BCUT2D eigenvalue weighted by atomic mass is 16.3. The summed E-state index contributed by atoms with van der Waals surface area (Å²) < 4.78 is 0. The van der Waals surface area contributed by atoms with Crippen LogP contribution in [-0.2, 0) is 0 Å². The first kappa shape index (κ1) is 11.3. The summed E-state index contributed by atoms with van der Waals surface area (Å²) in [6.45, 7) is 4.07. The Morgan fingerprint density at radius 2 is 2.00 bits per heavy atom. The van der Waals surface area contributed by atoms with Gasteiger partial charge >= 0.3 is 0 Å². The van der Waals surface area contributed by atoms with Gasteiger partial charge in [-0.25, -0.2) is 0 Å². The monoisotopic (exact) mass is 199 g/mol. The van der Waals surface area contributed by atoms with Crippen LogP contribution in [0.15, 0.2) is 5.11 Å². The molecule has 2 N–H and O–H groups in total. The zero-order valence-electron chi connectivity index (χ0n) is 8.59. The van der Waals surface area contributed by atoms with E-state index in [1.807, 2.05) is 13.8 Å². The number of rotatable bonds is 3. The third kappa shape index (κ3) is 1.71. The normalized spacial score (nSPS) is 39.1. The van der Waals surface area contributed by atoms with Crippen molar-refractivity contribution in [2.24, 2.45) is 16.4 Å². The van der Waals surface area contributed by atoms with Gasteiger partial charge in [-0.3, -0.25) is 0 Å². The molecule has 1 rings (SSSR count). The summed E-state index contributed by atoms with van der Waals surface area (Å²) in [5.74, 6) is -0.00843. The van der Waals surface area contributed by atoms with Crippen molar-refractivity contribution >= 4 is 0 Å². The number of nitrogens with zero attached hydrogens (tertiary/aromatic N) is 3. The standard InChI is InChI=1S/C9H17N3O2/c1-6(5-11-12-10)9(2)7(13)3-4-8(9)14/h6-8,13-14H,3-5H2,1-2H3. The van der Waals surface area contributed by atoms with Crippen molar-refractivity contribution in [1.29, 1.82) is 0 Å². The van der Waals surface area contributed by atoms with Crippen molar-refractivity contribution in [1.82, 2.24) is 0 Å². The molecule has 0 saturated heterocycles. The zero-order chi connectivity index (χ0) is 10.8. The van der Waals surface area contributed by atoms with Gasteiger partial charge in [-0.15, -0.1) is 0 Å². The molecule has 0 aromatic heterocycles. The van der Waals surface area contributed by atoms with Crippen molar-refractivity contribution in [3.05, 3.63) is 10.4 Å². The molecule has 0 amide bonds. The Hall–Kier alpha value is -0.770. The van der Waals surface area contributed by atoms with Crippen LogP contribution < -0.4 is 0 Å². The van der Waals surface area contributed by atoms with Crippen LogP contribution in [0.2, 0.25) is 0 Å². The van der Waals surface area contributed by atoms with Crippen molar-refractivity contribution in [3.63, 3.8) is 0 Å². The summed E-state index contributed by atoms with van der Waals surface area (Å²) in [5.41, 5.74) is 7.67. The molecule has 5 nitrogen and oxygen atoms in total. The minimum absolute atomic E-state index is 0.00843. The molecule has 0 aromatic rings. The number of aliphatic hydroxyl groups is 2. The van der Waals surface area contributed by atoms with Gasteiger partial charge in [-0.05, 0) is 24.3 Å². The van der Waals surface area contributed by atoms with Crippen molar-refractivity contribution in [2.75, 3.05) is 6.54 Å². The molecule has 1 aliphatic rings. The lowest BCUT2D eigenvalue weighted by molar-refractivity contribution is -0.0448. The number of aliphatic hydroxyl groups excluding tert-OH is 2. The van der Waals surface area contributed by atoms with E-state index in [1.54, 1.807) is 0 Å². The number of hydrogen-bond acceptors (Lipinski definition) is 3. The van der Waals surface area contributed by atoms with Crippen molar-refractivity contribution in [3.8, 4) is 0 Å². The fraction of sp³-hybridized carbons (Fsp3) is 1.00. The van der Waals surface area contributed by atoms with Crippen LogP contribution in [0.4, 0.5) is 0 Å². The molecule has 14 heavy (non-hydrogen) atoms. The molecule has 1 aliphatic carbocycles. The quantitative estimate of drug-likeness (QED) is 0.409. The maximum atomic E-state index is 9.79. The average molecular weight is 199 g/mol. The van der Waals surface area contributed by atoms with Crippen LogP contribution in [-0.4, -0.2) is 29.0 Å². The lowest BCUT2D eigenvalue weighted by Crippen LogP contribution is -2.42. The topological polar surface area (TPSA) is 89.2 Å². The van der Waals surface area contributed by atoms with Gasteiger partial charge in [-0.1, -0.05) is 19.0 Å². The molecule has 0 aromatic carbocycles. The highest BCUT2D eigenvalue weighted by molar-refractivity contribution is 4.98. The van der Waals surface area contributed by atoms with Gasteiger partial charge in [0.15, 0.2) is 0 Å². The van der Waals surface area contributed by atoms with Crippen molar-refractivity contribution in [2.45, 2.75) is 38.9 Å². The maximum Gasteiger partial charge on any atom is 0.0622 e. The highest BCUT2D eigenvalue weighted by Crippen LogP contribution is 2.44. The predicted octanol–water partition coefficient (Wildman–Crippen LogP) is 1.45. The van der Waals surface area contributed by atoms with E-state index >= 15 is 0 Å². The molecular formula is C9H17N3O2. The summed E-state index contributed by atoms with van der Waals surface area (Å²) in [6.07, 6.45) is 0.249. The molecule has 1 fully saturated rings. The first-order valence-corrected chi connectivity index (χ1v) is 4.90. The molecule has 80 valence electrons. The van der Waals surface area contributed by atoms with Gasteiger partial charge in [0, 0.05) is 16.9 Å². The molecule has 0 spiro atoms. The Balaban J connectivity index is 2.75. The number of hydrogen-bond donors (Lipinski definition) is 2. The lowest BCUT2D eigenvalue weighted by atomic mass is 9.73. The van der Waals surface area contributed by atoms with Crippen LogP contribution in [0, 0.1) is 11.3 Å². The van der Waals surface area contributed by atoms with E-state index in [9.17, 15) is 10.2 Å². The minimum atomic E-state index is -0.534. The number of azide groups is 1. The van der Waals surface area contributed by atoms with Crippen molar-refractivity contribution < 1.29 is 10.2 Å². The van der Waals surface area contributed by atoms with Crippen LogP contribution in [0.5, 0.6) is 0 Å². The lowest BCUT2D eigenvalue weighted by Gasteiger charge is -2.37. The van der Waals surface area contributed by atoms with E-state index in [4.69, 9.17) is 5.53 Å². The molecule has 0 radical (unpaired) electrons. The van der Waals surface area contributed by atoms with Gasteiger partial charge in [0.05, 0.1) is 12.2 Å². The van der Waals surface area contributed by atoms with E-state index in [0.717, 1.165) is 0 Å². The van der Waals surface area contributed by atoms with E-state index in [1.165, 1.54) is 0 Å². The van der Waals surface area contributed by atoms with E-state index in [0.29, 0.717) is 19.4 Å². The molecular weight excluding hydrogens is 182 g/mol. The molecule has 0 aliphatic heterocycles. The van der Waals surface area contributed by atoms with Gasteiger partial charge < -0.3 is 10.2 Å². The van der Waals surface area contributed by atoms with Crippen LogP contribution in [0.25, 0.3) is 10.4 Å². The van der Waals surface area contributed by atoms with Gasteiger partial charge in [0.1, 0.15) is 0 Å². The summed E-state index contributed by atoms with van der Waals surface area (Å²) in [5, 5.41) is 23.1. The van der Waals surface area contributed by atoms with Crippen LogP contribution in [0.1, 0.15) is 26.7 Å². The maximum absolute atomic E-state index is 9.79. The summed E-state index contributed by atoms with van der Waals surface area (Å²) >= 11 is 0. The second-order valence-electron chi connectivity index (χ2n) is 4.29. The highest BCUT2D eigenvalue weighted by Gasteiger charge is 2.48. The molecule has 1 saturated carbocycles. The molecule has 0 heterocycles. The Kier molecular flexibility index (Phi) is 3.37. The Bertz CT molecular complexity index is 240. The summed E-state index contributed by atoms with van der Waals surface area (Å²) in [4.78, 5) is 2.69. The Morgan fingerprint density at radius 1 is 1.50 bits per heavy atom. The Labute approximate surface area is 83.4 Å². The summed E-state index contributed by atoms with van der Waals surface area (Å²) in [7, 11) is 0. The SMILES string of the molecule is CC(CN=[N+]=[N-])C1(C)C(O)CCC1O. The average Bonchev–Trinajstić information content (AvgIpc) is 2.43. The van der Waals surface area contributed by atoms with Crippen LogP contribution >= 0.6 is 0 Å².